The van der Waals surface area contributed by atoms with Crippen molar-refractivity contribution in [3.8, 4) is 5.75 Å². The summed E-state index contributed by atoms with van der Waals surface area (Å²) in [6.07, 6.45) is -2.08. The summed E-state index contributed by atoms with van der Waals surface area (Å²) in [6.45, 7) is 3.13. The van der Waals surface area contributed by atoms with E-state index in [2.05, 4.69) is 0 Å². The SMILES string of the molecule is COc1ccc(C(=O)C(F)C(=O)C(C)C)cc1. The Morgan fingerprint density at radius 2 is 1.71 bits per heavy atom. The number of rotatable bonds is 5. The second-order valence-electron chi connectivity index (χ2n) is 4.01. The lowest BCUT2D eigenvalue weighted by Crippen LogP contribution is -2.29. The van der Waals surface area contributed by atoms with Gasteiger partial charge in [0, 0.05) is 11.5 Å². The highest BCUT2D eigenvalue weighted by molar-refractivity contribution is 6.13. The van der Waals surface area contributed by atoms with Crippen LogP contribution in [0.1, 0.15) is 24.2 Å². The Balaban J connectivity index is 2.85. The molecule has 0 aromatic heterocycles. The third-order valence-electron chi connectivity index (χ3n) is 2.42. The van der Waals surface area contributed by atoms with Crippen molar-refractivity contribution < 1.29 is 18.7 Å². The number of halogens is 1. The Labute approximate surface area is 99.6 Å². The van der Waals surface area contributed by atoms with Gasteiger partial charge in [0.2, 0.25) is 12.0 Å². The van der Waals surface area contributed by atoms with E-state index in [1.165, 1.54) is 19.2 Å². The van der Waals surface area contributed by atoms with Gasteiger partial charge in [-0.1, -0.05) is 13.8 Å². The molecule has 1 aromatic carbocycles. The first-order valence-corrected chi connectivity index (χ1v) is 5.33. The summed E-state index contributed by atoms with van der Waals surface area (Å²) >= 11 is 0. The first kappa shape index (κ1) is 13.4. The highest BCUT2D eigenvalue weighted by Gasteiger charge is 2.28. The lowest BCUT2D eigenvalue weighted by Gasteiger charge is -2.09. The molecule has 1 rings (SSSR count). The fourth-order valence-electron chi connectivity index (χ4n) is 1.32. The normalized spacial score (nSPS) is 12.3. The third kappa shape index (κ3) is 3.12. The van der Waals surface area contributed by atoms with Gasteiger partial charge in [-0.05, 0) is 24.3 Å². The molecule has 4 heteroatoms. The molecule has 0 saturated heterocycles. The van der Waals surface area contributed by atoms with Crippen molar-refractivity contribution in [3.63, 3.8) is 0 Å². The quantitative estimate of drug-likeness (QED) is 0.584. The van der Waals surface area contributed by atoms with Gasteiger partial charge in [0.05, 0.1) is 7.11 Å². The van der Waals surface area contributed by atoms with E-state index in [9.17, 15) is 14.0 Å². The molecule has 0 aliphatic carbocycles. The van der Waals surface area contributed by atoms with E-state index in [0.717, 1.165) is 0 Å². The Bertz CT molecular complexity index is 409. The van der Waals surface area contributed by atoms with Crippen molar-refractivity contribution in [1.82, 2.24) is 0 Å². The number of alkyl halides is 1. The largest absolute Gasteiger partial charge is 0.497 e. The van der Waals surface area contributed by atoms with Crippen LogP contribution < -0.4 is 4.74 Å². The van der Waals surface area contributed by atoms with Crippen LogP contribution in [0.4, 0.5) is 4.39 Å². The summed E-state index contributed by atoms with van der Waals surface area (Å²) in [5.41, 5.74) is 0.173. The van der Waals surface area contributed by atoms with E-state index >= 15 is 0 Å². The molecule has 17 heavy (non-hydrogen) atoms. The van der Waals surface area contributed by atoms with Gasteiger partial charge in [-0.25, -0.2) is 4.39 Å². The molecule has 0 amide bonds. The molecule has 0 N–H and O–H groups in total. The van der Waals surface area contributed by atoms with Crippen molar-refractivity contribution >= 4 is 11.6 Å². The maximum atomic E-state index is 13.6. The zero-order chi connectivity index (χ0) is 13.0. The molecular formula is C13H15FO3. The van der Waals surface area contributed by atoms with Crippen molar-refractivity contribution in [2.45, 2.75) is 20.0 Å². The summed E-state index contributed by atoms with van der Waals surface area (Å²) in [5.74, 6) is -1.41. The highest BCUT2D eigenvalue weighted by Crippen LogP contribution is 2.15. The number of carbonyl (C=O) groups is 2. The first-order valence-electron chi connectivity index (χ1n) is 5.33. The zero-order valence-electron chi connectivity index (χ0n) is 10.1. The van der Waals surface area contributed by atoms with Crippen LogP contribution in [-0.2, 0) is 4.79 Å². The van der Waals surface area contributed by atoms with Crippen LogP contribution in [0.15, 0.2) is 24.3 Å². The number of hydrogen-bond donors (Lipinski definition) is 0. The first-order chi connectivity index (χ1) is 7.97. The second kappa shape index (κ2) is 5.57. The number of ketones is 2. The minimum Gasteiger partial charge on any atom is -0.497 e. The molecule has 1 aromatic rings. The molecule has 1 unspecified atom stereocenters. The van der Waals surface area contributed by atoms with E-state index in [4.69, 9.17) is 4.74 Å². The lowest BCUT2D eigenvalue weighted by molar-refractivity contribution is -0.125. The van der Waals surface area contributed by atoms with Crippen LogP contribution in [0, 0.1) is 5.92 Å². The van der Waals surface area contributed by atoms with Gasteiger partial charge >= 0.3 is 0 Å². The monoisotopic (exact) mass is 238 g/mol. The average Bonchev–Trinajstić information content (AvgIpc) is 2.36. The maximum Gasteiger partial charge on any atom is 0.221 e. The second-order valence-corrected chi connectivity index (χ2v) is 4.01. The predicted molar refractivity (Wildman–Crippen MR) is 62.1 cm³/mol. The number of hydrogen-bond acceptors (Lipinski definition) is 3. The number of Topliss-reactive ketones (excluding diaryl/α,β-unsaturated/α-hetero) is 2. The lowest BCUT2D eigenvalue weighted by atomic mass is 9.98. The third-order valence-corrected chi connectivity index (χ3v) is 2.42. The van der Waals surface area contributed by atoms with Crippen LogP contribution in [-0.4, -0.2) is 24.8 Å². The van der Waals surface area contributed by atoms with Gasteiger partial charge < -0.3 is 4.74 Å². The van der Waals surface area contributed by atoms with Gasteiger partial charge in [-0.15, -0.1) is 0 Å². The van der Waals surface area contributed by atoms with Crippen molar-refractivity contribution in [2.24, 2.45) is 5.92 Å². The van der Waals surface area contributed by atoms with Crippen molar-refractivity contribution in [2.75, 3.05) is 7.11 Å². The molecule has 0 spiro atoms. The number of benzene rings is 1. The molecule has 0 aliphatic heterocycles. The van der Waals surface area contributed by atoms with Crippen LogP contribution in [0.5, 0.6) is 5.75 Å². The fraction of sp³-hybridized carbons (Fsp3) is 0.385. The predicted octanol–water partition coefficient (Wildman–Crippen LogP) is 2.44. The number of carbonyl (C=O) groups excluding carboxylic acids is 2. The van der Waals surface area contributed by atoms with E-state index in [-0.39, 0.29) is 5.56 Å². The fourth-order valence-corrected chi connectivity index (χ4v) is 1.32. The summed E-state index contributed by atoms with van der Waals surface area (Å²) in [7, 11) is 1.50. The summed E-state index contributed by atoms with van der Waals surface area (Å²) in [5, 5.41) is 0. The minimum absolute atomic E-state index is 0.173. The number of methoxy groups -OCH3 is 1. The Morgan fingerprint density at radius 1 is 1.18 bits per heavy atom. The topological polar surface area (TPSA) is 43.4 Å². The smallest absolute Gasteiger partial charge is 0.221 e. The van der Waals surface area contributed by atoms with Crippen LogP contribution in [0.25, 0.3) is 0 Å². The summed E-state index contributed by atoms with van der Waals surface area (Å²) in [6, 6.07) is 6.00. The van der Waals surface area contributed by atoms with E-state index in [0.29, 0.717) is 5.75 Å². The minimum atomic E-state index is -2.08. The molecular weight excluding hydrogens is 223 g/mol. The standard InChI is InChI=1S/C13H15FO3/c1-8(2)12(15)11(14)13(16)9-4-6-10(17-3)7-5-9/h4-8,11H,1-3H3. The van der Waals surface area contributed by atoms with Gasteiger partial charge in [0.1, 0.15) is 5.75 Å². The molecule has 0 heterocycles. The zero-order valence-corrected chi connectivity index (χ0v) is 10.1. The van der Waals surface area contributed by atoms with Gasteiger partial charge in [0.25, 0.3) is 0 Å². The molecule has 0 saturated carbocycles. The van der Waals surface area contributed by atoms with E-state index in [1.54, 1.807) is 26.0 Å². The number of ether oxygens (including phenoxy) is 1. The van der Waals surface area contributed by atoms with Gasteiger partial charge in [-0.2, -0.15) is 0 Å². The van der Waals surface area contributed by atoms with Crippen LogP contribution >= 0.6 is 0 Å². The maximum absolute atomic E-state index is 13.6. The van der Waals surface area contributed by atoms with Gasteiger partial charge in [0.15, 0.2) is 5.78 Å². The average molecular weight is 238 g/mol. The highest BCUT2D eigenvalue weighted by atomic mass is 19.1. The van der Waals surface area contributed by atoms with E-state index in [1.807, 2.05) is 0 Å². The van der Waals surface area contributed by atoms with Crippen molar-refractivity contribution in [3.05, 3.63) is 29.8 Å². The summed E-state index contributed by atoms with van der Waals surface area (Å²) < 4.78 is 18.5. The molecule has 0 radical (unpaired) electrons. The van der Waals surface area contributed by atoms with Crippen LogP contribution in [0.3, 0.4) is 0 Å². The van der Waals surface area contributed by atoms with Crippen LogP contribution in [0.2, 0.25) is 0 Å². The van der Waals surface area contributed by atoms with Gasteiger partial charge in [-0.3, -0.25) is 9.59 Å². The Kier molecular flexibility index (Phi) is 4.37. The Morgan fingerprint density at radius 3 is 2.12 bits per heavy atom. The molecule has 0 fully saturated rings. The van der Waals surface area contributed by atoms with Crippen molar-refractivity contribution in [1.29, 1.82) is 0 Å². The molecule has 0 aliphatic rings. The molecule has 0 bridgehead atoms. The summed E-state index contributed by atoms with van der Waals surface area (Å²) in [4.78, 5) is 23.0. The molecule has 1 atom stereocenters. The van der Waals surface area contributed by atoms with E-state index < -0.39 is 23.7 Å². The Hall–Kier alpha value is -1.71. The molecule has 92 valence electrons. The molecule has 3 nitrogen and oxygen atoms in total.